The van der Waals surface area contributed by atoms with Gasteiger partial charge in [0.2, 0.25) is 0 Å². The Balaban J connectivity index is 1.86. The summed E-state index contributed by atoms with van der Waals surface area (Å²) in [7, 11) is 0. The van der Waals surface area contributed by atoms with Crippen LogP contribution in [0.4, 0.5) is 13.2 Å². The first-order valence-electron chi connectivity index (χ1n) is 5.17. The second-order valence-corrected chi connectivity index (χ2v) is 3.51. The second kappa shape index (κ2) is 5.37. The van der Waals surface area contributed by atoms with Crippen molar-refractivity contribution in [1.29, 1.82) is 0 Å². The van der Waals surface area contributed by atoms with E-state index in [1.807, 2.05) is 0 Å². The molecule has 1 aromatic rings. The van der Waals surface area contributed by atoms with Crippen molar-refractivity contribution in [2.75, 3.05) is 19.8 Å². The largest absolute Gasteiger partial charge is 0.493 e. The lowest BCUT2D eigenvalue weighted by molar-refractivity contribution is -0.0531. The zero-order chi connectivity index (χ0) is 12.3. The standard InChI is InChI=1S/C11H11F3O3/c12-8-5-7(6-9(13)11(8)14)15-2-1-10-16-3-4-17-10/h5-6,10H,1-4H2. The summed E-state index contributed by atoms with van der Waals surface area (Å²) < 4.78 is 53.7. The molecule has 1 saturated heterocycles. The van der Waals surface area contributed by atoms with Gasteiger partial charge in [0.05, 0.1) is 19.8 Å². The summed E-state index contributed by atoms with van der Waals surface area (Å²) in [6.45, 7) is 1.24. The fourth-order valence-corrected chi connectivity index (χ4v) is 1.46. The Bertz CT molecular complexity index is 369. The smallest absolute Gasteiger partial charge is 0.194 e. The van der Waals surface area contributed by atoms with Crippen molar-refractivity contribution in [2.45, 2.75) is 12.7 Å². The maximum atomic E-state index is 12.8. The molecule has 0 bridgehead atoms. The van der Waals surface area contributed by atoms with E-state index >= 15 is 0 Å². The summed E-state index contributed by atoms with van der Waals surface area (Å²) in [6, 6.07) is 1.60. The van der Waals surface area contributed by atoms with Crippen LogP contribution in [0.5, 0.6) is 5.75 Å². The molecule has 0 unspecified atom stereocenters. The summed E-state index contributed by atoms with van der Waals surface area (Å²) in [5, 5.41) is 0. The highest BCUT2D eigenvalue weighted by molar-refractivity contribution is 5.24. The molecule has 1 aliphatic heterocycles. The lowest BCUT2D eigenvalue weighted by atomic mass is 10.3. The van der Waals surface area contributed by atoms with Crippen LogP contribution in [0.1, 0.15) is 6.42 Å². The van der Waals surface area contributed by atoms with Gasteiger partial charge in [0.1, 0.15) is 5.75 Å². The monoisotopic (exact) mass is 248 g/mol. The van der Waals surface area contributed by atoms with Crippen molar-refractivity contribution >= 4 is 0 Å². The second-order valence-electron chi connectivity index (χ2n) is 3.51. The molecule has 0 saturated carbocycles. The van der Waals surface area contributed by atoms with Crippen LogP contribution < -0.4 is 4.74 Å². The summed E-state index contributed by atoms with van der Waals surface area (Å²) in [4.78, 5) is 0. The molecule has 1 aliphatic rings. The van der Waals surface area contributed by atoms with Crippen LogP contribution >= 0.6 is 0 Å². The maximum Gasteiger partial charge on any atom is 0.194 e. The molecule has 0 amide bonds. The van der Waals surface area contributed by atoms with E-state index in [0.717, 1.165) is 12.1 Å². The Morgan fingerprint density at radius 1 is 1.12 bits per heavy atom. The highest BCUT2D eigenvalue weighted by atomic mass is 19.2. The fraction of sp³-hybridized carbons (Fsp3) is 0.455. The third-order valence-corrected chi connectivity index (χ3v) is 2.27. The van der Waals surface area contributed by atoms with Gasteiger partial charge >= 0.3 is 0 Å². The first-order valence-corrected chi connectivity index (χ1v) is 5.17. The fourth-order valence-electron chi connectivity index (χ4n) is 1.46. The van der Waals surface area contributed by atoms with Crippen molar-refractivity contribution in [3.8, 4) is 5.75 Å². The minimum absolute atomic E-state index is 0.0561. The molecule has 1 fully saturated rings. The Morgan fingerprint density at radius 3 is 2.29 bits per heavy atom. The van der Waals surface area contributed by atoms with Gasteiger partial charge < -0.3 is 14.2 Å². The van der Waals surface area contributed by atoms with E-state index in [9.17, 15) is 13.2 Å². The van der Waals surface area contributed by atoms with Gasteiger partial charge in [-0.05, 0) is 0 Å². The van der Waals surface area contributed by atoms with Gasteiger partial charge in [0.25, 0.3) is 0 Å². The summed E-state index contributed by atoms with van der Waals surface area (Å²) in [5.74, 6) is -4.10. The molecule has 0 aliphatic carbocycles. The number of benzene rings is 1. The highest BCUT2D eigenvalue weighted by Gasteiger charge is 2.16. The van der Waals surface area contributed by atoms with Crippen LogP contribution in [0, 0.1) is 17.5 Å². The van der Waals surface area contributed by atoms with Crippen molar-refractivity contribution in [3.05, 3.63) is 29.6 Å². The minimum Gasteiger partial charge on any atom is -0.493 e. The lowest BCUT2D eigenvalue weighted by Gasteiger charge is -2.10. The van der Waals surface area contributed by atoms with E-state index in [1.54, 1.807) is 0 Å². The van der Waals surface area contributed by atoms with Crippen LogP contribution in [0.25, 0.3) is 0 Å². The molecule has 0 aromatic heterocycles. The molecule has 0 atom stereocenters. The van der Waals surface area contributed by atoms with E-state index in [1.165, 1.54) is 0 Å². The molecule has 6 heteroatoms. The van der Waals surface area contributed by atoms with E-state index in [4.69, 9.17) is 14.2 Å². The summed E-state index contributed by atoms with van der Waals surface area (Å²) in [5.41, 5.74) is 0. The van der Waals surface area contributed by atoms with Gasteiger partial charge in [-0.3, -0.25) is 0 Å². The Kier molecular flexibility index (Phi) is 3.86. The molecular weight excluding hydrogens is 237 g/mol. The summed E-state index contributed by atoms with van der Waals surface area (Å²) in [6.07, 6.45) is 0.103. The SMILES string of the molecule is Fc1cc(OCCC2OCCO2)cc(F)c1F. The number of ether oxygens (including phenoxy) is 3. The predicted octanol–water partition coefficient (Wildman–Crippen LogP) is 2.25. The number of hydrogen-bond acceptors (Lipinski definition) is 3. The Labute approximate surface area is 96.1 Å². The Morgan fingerprint density at radius 2 is 1.71 bits per heavy atom. The van der Waals surface area contributed by atoms with Crippen molar-refractivity contribution in [3.63, 3.8) is 0 Å². The number of hydrogen-bond donors (Lipinski definition) is 0. The van der Waals surface area contributed by atoms with E-state index in [2.05, 4.69) is 0 Å². The van der Waals surface area contributed by atoms with Crippen LogP contribution in [-0.4, -0.2) is 26.1 Å². The van der Waals surface area contributed by atoms with Crippen LogP contribution in [0.2, 0.25) is 0 Å². The lowest BCUT2D eigenvalue weighted by Crippen LogP contribution is -2.12. The normalized spacial score (nSPS) is 16.4. The van der Waals surface area contributed by atoms with Gasteiger partial charge in [-0.15, -0.1) is 0 Å². The van der Waals surface area contributed by atoms with Crippen molar-refractivity contribution < 1.29 is 27.4 Å². The molecule has 1 aromatic carbocycles. The van der Waals surface area contributed by atoms with Crippen molar-refractivity contribution in [2.24, 2.45) is 0 Å². The maximum absolute atomic E-state index is 12.8. The molecule has 94 valence electrons. The number of rotatable bonds is 4. The number of halogens is 3. The van der Waals surface area contributed by atoms with Crippen LogP contribution in [0.3, 0.4) is 0 Å². The third kappa shape index (κ3) is 3.10. The molecular formula is C11H11F3O3. The predicted molar refractivity (Wildman–Crippen MR) is 52.1 cm³/mol. The highest BCUT2D eigenvalue weighted by Crippen LogP contribution is 2.19. The zero-order valence-corrected chi connectivity index (χ0v) is 8.92. The Hall–Kier alpha value is -1.27. The van der Waals surface area contributed by atoms with Gasteiger partial charge in [0, 0.05) is 18.6 Å². The van der Waals surface area contributed by atoms with E-state index in [0.29, 0.717) is 19.6 Å². The van der Waals surface area contributed by atoms with Crippen LogP contribution in [0.15, 0.2) is 12.1 Å². The molecule has 1 heterocycles. The van der Waals surface area contributed by atoms with Gasteiger partial charge in [0.15, 0.2) is 23.7 Å². The average molecular weight is 248 g/mol. The molecule has 17 heavy (non-hydrogen) atoms. The van der Waals surface area contributed by atoms with Gasteiger partial charge in [-0.25, -0.2) is 13.2 Å². The van der Waals surface area contributed by atoms with Gasteiger partial charge in [-0.2, -0.15) is 0 Å². The zero-order valence-electron chi connectivity index (χ0n) is 8.92. The van der Waals surface area contributed by atoms with E-state index in [-0.39, 0.29) is 18.6 Å². The quantitative estimate of drug-likeness (QED) is 0.765. The minimum atomic E-state index is -1.50. The first-order chi connectivity index (χ1) is 8.16. The summed E-state index contributed by atoms with van der Waals surface area (Å²) >= 11 is 0. The third-order valence-electron chi connectivity index (χ3n) is 2.27. The first kappa shape index (κ1) is 12.2. The van der Waals surface area contributed by atoms with Gasteiger partial charge in [-0.1, -0.05) is 0 Å². The molecule has 3 nitrogen and oxygen atoms in total. The topological polar surface area (TPSA) is 27.7 Å². The molecule has 0 spiro atoms. The van der Waals surface area contributed by atoms with Crippen molar-refractivity contribution in [1.82, 2.24) is 0 Å². The average Bonchev–Trinajstić information content (AvgIpc) is 2.79. The molecule has 0 radical (unpaired) electrons. The molecule has 0 N–H and O–H groups in total. The molecule has 2 rings (SSSR count). The van der Waals surface area contributed by atoms with Crippen LogP contribution in [-0.2, 0) is 9.47 Å². The van der Waals surface area contributed by atoms with E-state index < -0.39 is 17.5 Å².